The third kappa shape index (κ3) is 3.57. The number of hydrogen-bond donors (Lipinski definition) is 2. The molecule has 0 aliphatic heterocycles. The molecular weight excluding hydrogens is 250 g/mol. The number of ether oxygens (including phenoxy) is 1. The third-order valence-electron chi connectivity index (χ3n) is 2.21. The van der Waals surface area contributed by atoms with Crippen LogP contribution >= 0.6 is 0 Å². The molecule has 2 N–H and O–H groups in total. The van der Waals surface area contributed by atoms with Gasteiger partial charge in [-0.3, -0.25) is 0 Å². The first-order valence-electron chi connectivity index (χ1n) is 5.34. The molecule has 1 aromatic rings. The van der Waals surface area contributed by atoms with Crippen LogP contribution in [0.25, 0.3) is 5.57 Å². The number of aromatic hydroxyl groups is 1. The molecular formula is C13H11NO5. The number of aromatic carboxylic acids is 1. The fraction of sp³-hybridized carbons (Fsp3) is 0.154. The van der Waals surface area contributed by atoms with Crippen LogP contribution in [0.15, 0.2) is 24.3 Å². The minimum absolute atomic E-state index is 0.0225. The Labute approximate surface area is 109 Å². The molecule has 0 saturated carbocycles. The first kappa shape index (κ1) is 14.3. The monoisotopic (exact) mass is 261 g/mol. The molecule has 0 radical (unpaired) electrons. The van der Waals surface area contributed by atoms with Crippen molar-refractivity contribution >= 4 is 17.5 Å². The molecule has 0 aromatic heterocycles. The highest BCUT2D eigenvalue weighted by atomic mass is 16.5. The highest BCUT2D eigenvalue weighted by Gasteiger charge is 2.12. The van der Waals surface area contributed by atoms with Gasteiger partial charge in [0, 0.05) is 6.08 Å². The van der Waals surface area contributed by atoms with Crippen molar-refractivity contribution in [2.45, 2.75) is 6.92 Å². The minimum atomic E-state index is -1.28. The van der Waals surface area contributed by atoms with Crippen LogP contribution in [-0.4, -0.2) is 28.8 Å². The summed E-state index contributed by atoms with van der Waals surface area (Å²) in [5.74, 6) is -2.44. The van der Waals surface area contributed by atoms with E-state index in [2.05, 4.69) is 4.74 Å². The van der Waals surface area contributed by atoms with Gasteiger partial charge in [-0.15, -0.1) is 0 Å². The summed E-state index contributed by atoms with van der Waals surface area (Å²) in [6, 6.07) is 5.38. The van der Waals surface area contributed by atoms with Crippen molar-refractivity contribution in [3.8, 4) is 11.8 Å². The molecule has 0 heterocycles. The number of carbonyl (C=O) groups is 2. The SMILES string of the molecule is CCOC(=O)C=C(C#N)c1ccc(C(=O)O)c(O)c1. The van der Waals surface area contributed by atoms with E-state index in [4.69, 9.17) is 10.4 Å². The summed E-state index contributed by atoms with van der Waals surface area (Å²) in [6.45, 7) is 1.81. The second-order valence-electron chi connectivity index (χ2n) is 3.46. The molecule has 0 fully saturated rings. The number of nitriles is 1. The molecule has 0 aliphatic rings. The molecule has 0 bridgehead atoms. The van der Waals surface area contributed by atoms with Crippen molar-refractivity contribution in [3.05, 3.63) is 35.4 Å². The van der Waals surface area contributed by atoms with Crippen LogP contribution in [0, 0.1) is 11.3 Å². The van der Waals surface area contributed by atoms with Gasteiger partial charge in [-0.1, -0.05) is 6.07 Å². The van der Waals surface area contributed by atoms with Gasteiger partial charge in [0.15, 0.2) is 0 Å². The molecule has 0 amide bonds. The minimum Gasteiger partial charge on any atom is -0.507 e. The summed E-state index contributed by atoms with van der Waals surface area (Å²) in [5.41, 5.74) is -0.0686. The number of carboxylic acids is 1. The van der Waals surface area contributed by atoms with E-state index in [-0.39, 0.29) is 23.3 Å². The van der Waals surface area contributed by atoms with E-state index < -0.39 is 17.7 Å². The summed E-state index contributed by atoms with van der Waals surface area (Å²) < 4.78 is 4.66. The maximum Gasteiger partial charge on any atom is 0.339 e. The zero-order valence-electron chi connectivity index (χ0n) is 10.1. The van der Waals surface area contributed by atoms with E-state index in [9.17, 15) is 14.7 Å². The zero-order chi connectivity index (χ0) is 14.4. The Balaban J connectivity index is 3.14. The summed E-state index contributed by atoms with van der Waals surface area (Å²) in [6.07, 6.45) is 0.985. The van der Waals surface area contributed by atoms with Crippen LogP contribution in [0.3, 0.4) is 0 Å². The van der Waals surface area contributed by atoms with E-state index >= 15 is 0 Å². The number of allylic oxidation sites excluding steroid dienone is 1. The predicted octanol–water partition coefficient (Wildman–Crippen LogP) is 1.56. The standard InChI is InChI=1S/C13H11NO5/c1-2-19-12(16)6-9(7-14)8-3-4-10(13(17)18)11(15)5-8/h3-6,15H,2H2,1H3,(H,17,18). The van der Waals surface area contributed by atoms with Crippen LogP contribution in [0.2, 0.25) is 0 Å². The smallest absolute Gasteiger partial charge is 0.339 e. The number of carboxylic acid groups (broad SMARTS) is 1. The molecule has 0 aliphatic carbocycles. The fourth-order valence-electron chi connectivity index (χ4n) is 1.36. The van der Waals surface area contributed by atoms with E-state index in [1.54, 1.807) is 13.0 Å². The number of benzene rings is 1. The Hall–Kier alpha value is -2.81. The Morgan fingerprint density at radius 1 is 1.47 bits per heavy atom. The van der Waals surface area contributed by atoms with Gasteiger partial charge < -0.3 is 14.9 Å². The number of esters is 1. The number of carbonyl (C=O) groups excluding carboxylic acids is 1. The highest BCUT2D eigenvalue weighted by Crippen LogP contribution is 2.23. The van der Waals surface area contributed by atoms with Gasteiger partial charge in [-0.25, -0.2) is 9.59 Å². The first-order chi connectivity index (χ1) is 8.99. The molecule has 98 valence electrons. The van der Waals surface area contributed by atoms with Gasteiger partial charge in [-0.2, -0.15) is 5.26 Å². The topological polar surface area (TPSA) is 108 Å². The van der Waals surface area contributed by atoms with Crippen LogP contribution in [-0.2, 0) is 9.53 Å². The third-order valence-corrected chi connectivity index (χ3v) is 2.21. The number of phenols is 1. The van der Waals surface area contributed by atoms with Crippen molar-refractivity contribution in [2.75, 3.05) is 6.61 Å². The fourth-order valence-corrected chi connectivity index (χ4v) is 1.36. The molecule has 6 nitrogen and oxygen atoms in total. The lowest BCUT2D eigenvalue weighted by molar-refractivity contribution is -0.137. The summed E-state index contributed by atoms with van der Waals surface area (Å²) in [5, 5.41) is 27.2. The molecule has 1 rings (SSSR count). The molecule has 0 atom stereocenters. The molecule has 0 spiro atoms. The Morgan fingerprint density at radius 2 is 2.16 bits per heavy atom. The normalized spacial score (nSPS) is 10.6. The molecule has 1 aromatic carbocycles. The van der Waals surface area contributed by atoms with Gasteiger partial charge in [0.1, 0.15) is 17.4 Å². The zero-order valence-corrected chi connectivity index (χ0v) is 10.1. The lowest BCUT2D eigenvalue weighted by Crippen LogP contribution is -2.01. The van der Waals surface area contributed by atoms with Gasteiger partial charge >= 0.3 is 11.9 Å². The predicted molar refractivity (Wildman–Crippen MR) is 65.3 cm³/mol. The Bertz CT molecular complexity index is 583. The second-order valence-corrected chi connectivity index (χ2v) is 3.46. The lowest BCUT2D eigenvalue weighted by Gasteiger charge is -2.03. The average molecular weight is 261 g/mol. The van der Waals surface area contributed by atoms with E-state index in [1.165, 1.54) is 6.07 Å². The molecule has 6 heteroatoms. The van der Waals surface area contributed by atoms with Crippen LogP contribution in [0.1, 0.15) is 22.8 Å². The van der Waals surface area contributed by atoms with Gasteiger partial charge in [0.05, 0.1) is 12.2 Å². The molecule has 0 unspecified atom stereocenters. The van der Waals surface area contributed by atoms with E-state index in [0.29, 0.717) is 0 Å². The summed E-state index contributed by atoms with van der Waals surface area (Å²) >= 11 is 0. The van der Waals surface area contributed by atoms with Crippen LogP contribution < -0.4 is 0 Å². The Kier molecular flexibility index (Phi) is 4.66. The Morgan fingerprint density at radius 3 is 2.63 bits per heavy atom. The maximum absolute atomic E-state index is 11.2. The van der Waals surface area contributed by atoms with Gasteiger partial charge in [-0.05, 0) is 24.6 Å². The quantitative estimate of drug-likeness (QED) is 0.483. The van der Waals surface area contributed by atoms with Gasteiger partial charge in [0.25, 0.3) is 0 Å². The maximum atomic E-state index is 11.2. The van der Waals surface area contributed by atoms with E-state index in [0.717, 1.165) is 18.2 Å². The lowest BCUT2D eigenvalue weighted by atomic mass is 10.0. The van der Waals surface area contributed by atoms with Crippen LogP contribution in [0.4, 0.5) is 0 Å². The average Bonchev–Trinajstić information content (AvgIpc) is 2.35. The van der Waals surface area contributed by atoms with Crippen molar-refractivity contribution < 1.29 is 24.5 Å². The van der Waals surface area contributed by atoms with Crippen molar-refractivity contribution in [2.24, 2.45) is 0 Å². The van der Waals surface area contributed by atoms with E-state index in [1.807, 2.05) is 0 Å². The molecule has 0 saturated heterocycles. The largest absolute Gasteiger partial charge is 0.507 e. The van der Waals surface area contributed by atoms with Crippen molar-refractivity contribution in [1.82, 2.24) is 0 Å². The second kappa shape index (κ2) is 6.21. The highest BCUT2D eigenvalue weighted by molar-refractivity contribution is 5.97. The van der Waals surface area contributed by atoms with Crippen molar-refractivity contribution in [1.29, 1.82) is 5.26 Å². The van der Waals surface area contributed by atoms with Gasteiger partial charge in [0.2, 0.25) is 0 Å². The van der Waals surface area contributed by atoms with Crippen molar-refractivity contribution in [3.63, 3.8) is 0 Å². The number of hydrogen-bond acceptors (Lipinski definition) is 5. The number of nitrogens with zero attached hydrogens (tertiary/aromatic N) is 1. The summed E-state index contributed by atoms with van der Waals surface area (Å²) in [7, 11) is 0. The summed E-state index contributed by atoms with van der Waals surface area (Å²) in [4.78, 5) is 22.0. The number of rotatable bonds is 4. The first-order valence-corrected chi connectivity index (χ1v) is 5.34. The van der Waals surface area contributed by atoms with Crippen LogP contribution in [0.5, 0.6) is 5.75 Å². The molecule has 19 heavy (non-hydrogen) atoms.